The number of carbonyl (C=O) groups excluding carboxylic acids is 1. The van der Waals surface area contributed by atoms with Crippen LogP contribution in [-0.2, 0) is 11.3 Å². The van der Waals surface area contributed by atoms with Crippen LogP contribution in [0.25, 0.3) is 10.8 Å². The molecule has 1 aliphatic heterocycles. The molecule has 7 heteroatoms. The summed E-state index contributed by atoms with van der Waals surface area (Å²) in [6.45, 7) is 4.13. The van der Waals surface area contributed by atoms with Gasteiger partial charge in [-0.05, 0) is 67.7 Å². The fourth-order valence-corrected chi connectivity index (χ4v) is 7.48. The van der Waals surface area contributed by atoms with Gasteiger partial charge in [0.25, 0.3) is 5.89 Å². The standard InChI is InChI=1S/C22H28N4O2S/c27-21(22-11-15-8-16(12-22)10-17(9-15)13-22)26-5-3-25(4-6-26)14-19-23-20(28-24-19)18-2-1-7-29-18/h1-2,7,15-17H,3-6,8-14H2. The summed E-state index contributed by atoms with van der Waals surface area (Å²) >= 11 is 1.61. The molecular weight excluding hydrogens is 384 g/mol. The molecule has 6 nitrogen and oxygen atoms in total. The second kappa shape index (κ2) is 6.91. The fourth-order valence-electron chi connectivity index (χ4n) is 6.84. The Morgan fingerprint density at radius 2 is 1.79 bits per heavy atom. The maximum absolute atomic E-state index is 13.5. The molecule has 0 aromatic carbocycles. The molecule has 5 aliphatic rings. The van der Waals surface area contributed by atoms with Crippen LogP contribution in [0, 0.1) is 23.2 Å². The maximum Gasteiger partial charge on any atom is 0.268 e. The number of piperazine rings is 1. The molecule has 2 aromatic rings. The third-order valence-corrected chi connectivity index (χ3v) is 8.57. The zero-order chi connectivity index (χ0) is 19.4. The van der Waals surface area contributed by atoms with Crippen LogP contribution in [0.15, 0.2) is 22.0 Å². The lowest BCUT2D eigenvalue weighted by Gasteiger charge is -2.57. The van der Waals surface area contributed by atoms with Crippen molar-refractivity contribution in [1.29, 1.82) is 0 Å². The first-order chi connectivity index (χ1) is 14.2. The number of nitrogens with zero attached hydrogens (tertiary/aromatic N) is 4. The van der Waals surface area contributed by atoms with Gasteiger partial charge in [-0.2, -0.15) is 4.98 Å². The summed E-state index contributed by atoms with van der Waals surface area (Å²) in [7, 11) is 0. The molecule has 0 spiro atoms. The molecule has 0 atom stereocenters. The predicted octanol–water partition coefficient (Wildman–Crippen LogP) is 3.66. The smallest absolute Gasteiger partial charge is 0.268 e. The molecule has 5 fully saturated rings. The molecule has 1 saturated heterocycles. The molecule has 0 unspecified atom stereocenters. The molecular formula is C22H28N4O2S. The highest BCUT2D eigenvalue weighted by atomic mass is 32.1. The third kappa shape index (κ3) is 3.22. The Balaban J connectivity index is 1.07. The molecule has 4 bridgehead atoms. The van der Waals surface area contributed by atoms with Crippen LogP contribution in [-0.4, -0.2) is 52.0 Å². The van der Waals surface area contributed by atoms with Gasteiger partial charge in [-0.1, -0.05) is 11.2 Å². The predicted molar refractivity (Wildman–Crippen MR) is 110 cm³/mol. The van der Waals surface area contributed by atoms with Gasteiger partial charge < -0.3 is 9.42 Å². The SMILES string of the molecule is O=C(N1CCN(Cc2noc(-c3cccs3)n2)CC1)C12CC3CC(CC(C3)C1)C2. The van der Waals surface area contributed by atoms with Gasteiger partial charge in [0.1, 0.15) is 0 Å². The average molecular weight is 413 g/mol. The van der Waals surface area contributed by atoms with Crippen molar-refractivity contribution >= 4 is 17.2 Å². The Bertz CT molecular complexity index is 849. The molecule has 0 radical (unpaired) electrons. The average Bonchev–Trinajstić information content (AvgIpc) is 3.39. The first kappa shape index (κ1) is 18.1. The number of amides is 1. The van der Waals surface area contributed by atoms with Crippen molar-refractivity contribution in [2.75, 3.05) is 26.2 Å². The largest absolute Gasteiger partial charge is 0.340 e. The van der Waals surface area contributed by atoms with Gasteiger partial charge >= 0.3 is 0 Å². The van der Waals surface area contributed by atoms with E-state index in [1.807, 2.05) is 17.5 Å². The molecule has 0 N–H and O–H groups in total. The Morgan fingerprint density at radius 3 is 2.41 bits per heavy atom. The Morgan fingerprint density at radius 1 is 1.10 bits per heavy atom. The normalized spacial score (nSPS) is 34.1. The number of carbonyl (C=O) groups is 1. The Labute approximate surface area is 175 Å². The molecule has 29 heavy (non-hydrogen) atoms. The molecule has 2 aromatic heterocycles. The zero-order valence-electron chi connectivity index (χ0n) is 16.8. The second-order valence-electron chi connectivity index (χ2n) is 9.76. The van der Waals surface area contributed by atoms with E-state index >= 15 is 0 Å². The number of thiophene rings is 1. The van der Waals surface area contributed by atoms with Crippen molar-refractivity contribution in [2.45, 2.75) is 45.1 Å². The molecule has 3 heterocycles. The first-order valence-corrected chi connectivity index (χ1v) is 11.9. The topological polar surface area (TPSA) is 62.5 Å². The van der Waals surface area contributed by atoms with Crippen LogP contribution < -0.4 is 0 Å². The summed E-state index contributed by atoms with van der Waals surface area (Å²) in [6.07, 6.45) is 7.64. The van der Waals surface area contributed by atoms with Gasteiger partial charge in [0, 0.05) is 26.2 Å². The summed E-state index contributed by atoms with van der Waals surface area (Å²) < 4.78 is 5.41. The lowest BCUT2D eigenvalue weighted by molar-refractivity contribution is -0.159. The first-order valence-electron chi connectivity index (χ1n) is 11.1. The van der Waals surface area contributed by atoms with Crippen molar-refractivity contribution in [3.8, 4) is 10.8 Å². The quantitative estimate of drug-likeness (QED) is 0.767. The van der Waals surface area contributed by atoms with E-state index in [-0.39, 0.29) is 5.41 Å². The summed E-state index contributed by atoms with van der Waals surface area (Å²) in [5.41, 5.74) is -0.0137. The van der Waals surface area contributed by atoms with E-state index in [2.05, 4.69) is 19.9 Å². The van der Waals surface area contributed by atoms with E-state index in [1.54, 1.807) is 11.3 Å². The minimum Gasteiger partial charge on any atom is -0.340 e. The van der Waals surface area contributed by atoms with E-state index in [0.717, 1.165) is 73.9 Å². The number of hydrogen-bond acceptors (Lipinski definition) is 6. The summed E-state index contributed by atoms with van der Waals surface area (Å²) in [6, 6.07) is 3.99. The number of hydrogen-bond donors (Lipinski definition) is 0. The van der Waals surface area contributed by atoms with Crippen LogP contribution in [0.2, 0.25) is 0 Å². The molecule has 154 valence electrons. The van der Waals surface area contributed by atoms with E-state index < -0.39 is 0 Å². The second-order valence-corrected chi connectivity index (χ2v) is 10.7. The van der Waals surface area contributed by atoms with Gasteiger partial charge in [-0.15, -0.1) is 11.3 Å². The van der Waals surface area contributed by atoms with Crippen LogP contribution in [0.5, 0.6) is 0 Å². The van der Waals surface area contributed by atoms with E-state index in [4.69, 9.17) is 4.52 Å². The van der Waals surface area contributed by atoms with Gasteiger partial charge in [0.05, 0.1) is 16.8 Å². The monoisotopic (exact) mass is 412 g/mol. The van der Waals surface area contributed by atoms with E-state index in [1.165, 1.54) is 19.3 Å². The van der Waals surface area contributed by atoms with E-state index in [0.29, 0.717) is 18.3 Å². The minimum atomic E-state index is -0.0137. The lowest BCUT2D eigenvalue weighted by atomic mass is 9.49. The molecule has 1 amide bonds. The van der Waals surface area contributed by atoms with Gasteiger partial charge in [-0.3, -0.25) is 9.69 Å². The van der Waals surface area contributed by atoms with Crippen LogP contribution in [0.4, 0.5) is 0 Å². The number of rotatable bonds is 4. The summed E-state index contributed by atoms with van der Waals surface area (Å²) in [5, 5.41) is 6.16. The van der Waals surface area contributed by atoms with Crippen molar-refractivity contribution in [2.24, 2.45) is 23.2 Å². The highest BCUT2D eigenvalue weighted by molar-refractivity contribution is 7.13. The van der Waals surface area contributed by atoms with Crippen molar-refractivity contribution < 1.29 is 9.32 Å². The highest BCUT2D eigenvalue weighted by Gasteiger charge is 2.55. The highest BCUT2D eigenvalue weighted by Crippen LogP contribution is 2.60. The van der Waals surface area contributed by atoms with E-state index in [9.17, 15) is 4.79 Å². The van der Waals surface area contributed by atoms with Crippen LogP contribution >= 0.6 is 11.3 Å². The van der Waals surface area contributed by atoms with Gasteiger partial charge in [0.2, 0.25) is 5.91 Å². The molecule has 7 rings (SSSR count). The lowest BCUT2D eigenvalue weighted by Crippen LogP contribution is -2.58. The molecule has 4 aliphatic carbocycles. The summed E-state index contributed by atoms with van der Waals surface area (Å²) in [4.78, 5) is 23.6. The van der Waals surface area contributed by atoms with Crippen molar-refractivity contribution in [3.63, 3.8) is 0 Å². The summed E-state index contributed by atoms with van der Waals surface area (Å²) in [5.74, 6) is 4.27. The third-order valence-electron chi connectivity index (χ3n) is 7.72. The van der Waals surface area contributed by atoms with Gasteiger partial charge in [0.15, 0.2) is 5.82 Å². The number of aromatic nitrogens is 2. The van der Waals surface area contributed by atoms with Crippen molar-refractivity contribution in [1.82, 2.24) is 19.9 Å². The Kier molecular flexibility index (Phi) is 4.31. The molecule has 4 saturated carbocycles. The van der Waals surface area contributed by atoms with Gasteiger partial charge in [-0.25, -0.2) is 0 Å². The zero-order valence-corrected chi connectivity index (χ0v) is 17.6. The van der Waals surface area contributed by atoms with Crippen LogP contribution in [0.3, 0.4) is 0 Å². The Hall–Kier alpha value is -1.73. The maximum atomic E-state index is 13.5. The van der Waals surface area contributed by atoms with Crippen LogP contribution in [0.1, 0.15) is 44.3 Å². The minimum absolute atomic E-state index is 0.0137. The van der Waals surface area contributed by atoms with Crippen molar-refractivity contribution in [3.05, 3.63) is 23.3 Å². The fraction of sp³-hybridized carbons (Fsp3) is 0.682.